The molecule has 0 atom stereocenters. The Kier molecular flexibility index (Phi) is 8.89. The maximum absolute atomic E-state index is 11.9. The molecular formula is C30H30N2O6. The number of rotatable bonds is 11. The molecule has 0 fully saturated rings. The molecule has 0 aliphatic carbocycles. The van der Waals surface area contributed by atoms with Crippen molar-refractivity contribution in [1.82, 2.24) is 0 Å². The summed E-state index contributed by atoms with van der Waals surface area (Å²) in [7, 11) is 0. The van der Waals surface area contributed by atoms with E-state index in [1.54, 1.807) is 12.1 Å². The molecule has 0 heterocycles. The van der Waals surface area contributed by atoms with Gasteiger partial charge in [-0.15, -0.1) is 5.11 Å². The predicted octanol–water partition coefficient (Wildman–Crippen LogP) is 6.79. The maximum Gasteiger partial charge on any atom is 0.308 e. The normalized spacial score (nSPS) is 11.2. The highest BCUT2D eigenvalue weighted by Crippen LogP contribution is 2.42. The summed E-state index contributed by atoms with van der Waals surface area (Å²) in [5.41, 5.74) is 2.72. The quantitative estimate of drug-likeness (QED) is 0.0749. The van der Waals surface area contributed by atoms with Crippen molar-refractivity contribution >= 4 is 28.1 Å². The third kappa shape index (κ3) is 6.86. The third-order valence-corrected chi connectivity index (χ3v) is 5.83. The molecule has 8 heteroatoms. The zero-order valence-electron chi connectivity index (χ0n) is 21.4. The van der Waals surface area contributed by atoms with Gasteiger partial charge < -0.3 is 24.4 Å². The van der Waals surface area contributed by atoms with E-state index in [0.29, 0.717) is 66.5 Å². The average molecular weight is 515 g/mol. The number of benzene rings is 4. The van der Waals surface area contributed by atoms with Crippen LogP contribution in [0, 0.1) is 0 Å². The Labute approximate surface area is 221 Å². The van der Waals surface area contributed by atoms with Crippen molar-refractivity contribution < 1.29 is 29.2 Å². The minimum Gasteiger partial charge on any atom is -0.508 e. The van der Waals surface area contributed by atoms with Crippen molar-refractivity contribution in [2.75, 3.05) is 19.8 Å². The minimum absolute atomic E-state index is 0.123. The second-order valence-corrected chi connectivity index (χ2v) is 8.59. The zero-order valence-corrected chi connectivity index (χ0v) is 21.4. The topological polar surface area (TPSA) is 110 Å². The number of phenols is 2. The number of hydrogen-bond acceptors (Lipinski definition) is 8. The fraction of sp³-hybridized carbons (Fsp3) is 0.233. The molecule has 0 aromatic heterocycles. The highest BCUT2D eigenvalue weighted by atomic mass is 16.5. The van der Waals surface area contributed by atoms with Gasteiger partial charge in [-0.1, -0.05) is 36.4 Å². The first-order valence-corrected chi connectivity index (χ1v) is 12.4. The second-order valence-electron chi connectivity index (χ2n) is 8.59. The fourth-order valence-corrected chi connectivity index (χ4v) is 3.99. The number of nitrogens with zero attached hydrogens (tertiary/aromatic N) is 2. The van der Waals surface area contributed by atoms with E-state index in [-0.39, 0.29) is 11.5 Å². The minimum atomic E-state index is -0.459. The lowest BCUT2D eigenvalue weighted by molar-refractivity contribution is -0.131. The van der Waals surface area contributed by atoms with Gasteiger partial charge in [-0.25, -0.2) is 0 Å². The number of hydrogen-bond donors (Lipinski definition) is 2. The van der Waals surface area contributed by atoms with E-state index in [2.05, 4.69) is 10.2 Å². The first-order chi connectivity index (χ1) is 18.4. The molecule has 0 radical (unpaired) electrons. The molecule has 4 aromatic rings. The van der Waals surface area contributed by atoms with Gasteiger partial charge in [-0.05, 0) is 61.2 Å². The molecule has 2 N–H and O–H groups in total. The van der Waals surface area contributed by atoms with Crippen LogP contribution in [0.5, 0.6) is 23.0 Å². The molecule has 8 nitrogen and oxygen atoms in total. The van der Waals surface area contributed by atoms with Crippen LogP contribution in [-0.4, -0.2) is 36.0 Å². The summed E-state index contributed by atoms with van der Waals surface area (Å²) in [5, 5.41) is 29.9. The molecule has 0 unspecified atom stereocenters. The smallest absolute Gasteiger partial charge is 0.308 e. The van der Waals surface area contributed by atoms with E-state index in [4.69, 9.17) is 14.2 Å². The van der Waals surface area contributed by atoms with Crippen molar-refractivity contribution in [2.24, 2.45) is 10.2 Å². The van der Waals surface area contributed by atoms with Crippen LogP contribution in [0.1, 0.15) is 25.0 Å². The van der Waals surface area contributed by atoms with E-state index in [0.717, 1.165) is 10.9 Å². The van der Waals surface area contributed by atoms with Crippen LogP contribution in [0.3, 0.4) is 0 Å². The van der Waals surface area contributed by atoms with Crippen molar-refractivity contribution in [3.63, 3.8) is 0 Å². The number of esters is 1. The highest BCUT2D eigenvalue weighted by Gasteiger charge is 2.16. The highest BCUT2D eigenvalue weighted by molar-refractivity contribution is 5.98. The largest absolute Gasteiger partial charge is 0.508 e. The van der Waals surface area contributed by atoms with Crippen LogP contribution < -0.4 is 9.47 Å². The van der Waals surface area contributed by atoms with Crippen LogP contribution in [0.4, 0.5) is 11.4 Å². The summed E-state index contributed by atoms with van der Waals surface area (Å²) in [5.74, 6) is 0.734. The van der Waals surface area contributed by atoms with Gasteiger partial charge in [0.15, 0.2) is 5.75 Å². The van der Waals surface area contributed by atoms with E-state index in [9.17, 15) is 15.0 Å². The van der Waals surface area contributed by atoms with Crippen LogP contribution in [0.2, 0.25) is 0 Å². The summed E-state index contributed by atoms with van der Waals surface area (Å²) in [4.78, 5) is 11.9. The first kappa shape index (κ1) is 26.6. The summed E-state index contributed by atoms with van der Waals surface area (Å²) in [6, 6.07) is 21.3. The van der Waals surface area contributed by atoms with Gasteiger partial charge in [0.05, 0.1) is 12.3 Å². The lowest BCUT2D eigenvalue weighted by atomic mass is 10.0. The van der Waals surface area contributed by atoms with Gasteiger partial charge in [0.2, 0.25) is 0 Å². The molecule has 196 valence electrons. The number of phenolic OH excluding ortho intramolecular Hbond substituents is 2. The fourth-order valence-electron chi connectivity index (χ4n) is 3.99. The average Bonchev–Trinajstić information content (AvgIpc) is 2.92. The molecule has 0 saturated carbocycles. The van der Waals surface area contributed by atoms with Crippen molar-refractivity contribution in [3.05, 3.63) is 83.9 Å². The Balaban J connectivity index is 1.56. The number of aromatic hydroxyl groups is 2. The van der Waals surface area contributed by atoms with E-state index in [1.165, 1.54) is 19.1 Å². The summed E-state index contributed by atoms with van der Waals surface area (Å²) >= 11 is 0. The lowest BCUT2D eigenvalue weighted by Crippen LogP contribution is -2.07. The van der Waals surface area contributed by atoms with Crippen molar-refractivity contribution in [2.45, 2.75) is 26.7 Å². The Hall–Kier alpha value is -4.43. The van der Waals surface area contributed by atoms with Crippen LogP contribution in [-0.2, 0) is 22.4 Å². The molecule has 0 saturated heterocycles. The number of ether oxygens (including phenoxy) is 3. The second kappa shape index (κ2) is 12.7. The van der Waals surface area contributed by atoms with E-state index >= 15 is 0 Å². The number of azo groups is 1. The van der Waals surface area contributed by atoms with Gasteiger partial charge in [0.25, 0.3) is 0 Å². The van der Waals surface area contributed by atoms with Crippen LogP contribution in [0.15, 0.2) is 83.0 Å². The molecule has 38 heavy (non-hydrogen) atoms. The first-order valence-electron chi connectivity index (χ1n) is 12.4. The summed E-state index contributed by atoms with van der Waals surface area (Å²) < 4.78 is 16.9. The van der Waals surface area contributed by atoms with Crippen LogP contribution >= 0.6 is 0 Å². The van der Waals surface area contributed by atoms with Gasteiger partial charge in [0.1, 0.15) is 29.5 Å². The molecular weight excluding hydrogens is 484 g/mol. The van der Waals surface area contributed by atoms with E-state index in [1.807, 2.05) is 55.5 Å². The summed E-state index contributed by atoms with van der Waals surface area (Å²) in [6.07, 6.45) is 1.26. The molecule has 4 rings (SSSR count). The molecule has 0 aliphatic rings. The predicted molar refractivity (Wildman–Crippen MR) is 145 cm³/mol. The standard InChI is InChI=1S/C30H30N2O6/c1-3-36-16-17-37-29-19-27(30(38-20(2)33)26-7-5-4-6-25(26)29)32-31-23-12-9-21(10-13-23)8-11-22-18-24(34)14-15-28(22)35/h4-7,9-10,12-15,18-19,34-35H,3,8,11,16-17H2,1-2H3. The number of aryl methyl sites for hydroxylation is 2. The zero-order chi connectivity index (χ0) is 26.9. The van der Waals surface area contributed by atoms with Gasteiger partial charge >= 0.3 is 5.97 Å². The SMILES string of the molecule is CCOCCOc1cc(N=Nc2ccc(CCc3cc(O)ccc3O)cc2)c(OC(C)=O)c2ccccc12. The Morgan fingerprint density at radius 2 is 1.63 bits per heavy atom. The molecule has 0 bridgehead atoms. The lowest BCUT2D eigenvalue weighted by Gasteiger charge is -2.14. The van der Waals surface area contributed by atoms with Crippen LogP contribution in [0.25, 0.3) is 10.8 Å². The molecule has 4 aromatic carbocycles. The number of carbonyl (C=O) groups is 1. The summed E-state index contributed by atoms with van der Waals surface area (Å²) in [6.45, 7) is 4.69. The van der Waals surface area contributed by atoms with Crippen molar-refractivity contribution in [1.29, 1.82) is 0 Å². The Morgan fingerprint density at radius 1 is 0.868 bits per heavy atom. The number of fused-ring (bicyclic) bond motifs is 1. The Bertz CT molecular complexity index is 1430. The number of carbonyl (C=O) groups excluding carboxylic acids is 1. The molecule has 0 aliphatic heterocycles. The van der Waals surface area contributed by atoms with Gasteiger partial charge in [-0.3, -0.25) is 4.79 Å². The molecule has 0 spiro atoms. The Morgan fingerprint density at radius 3 is 2.37 bits per heavy atom. The third-order valence-electron chi connectivity index (χ3n) is 5.83. The molecule has 0 amide bonds. The van der Waals surface area contributed by atoms with Gasteiger partial charge in [0, 0.05) is 30.4 Å². The van der Waals surface area contributed by atoms with Gasteiger partial charge in [-0.2, -0.15) is 5.11 Å². The van der Waals surface area contributed by atoms with Crippen molar-refractivity contribution in [3.8, 4) is 23.0 Å². The van der Waals surface area contributed by atoms with E-state index < -0.39 is 5.97 Å². The maximum atomic E-state index is 11.9. The monoisotopic (exact) mass is 514 g/mol.